The molecule has 8 heteroatoms. The number of hydrogen-bond donors (Lipinski definition) is 4. The lowest BCUT2D eigenvalue weighted by Gasteiger charge is -2.23. The quantitative estimate of drug-likeness (QED) is 0.328. The second kappa shape index (κ2) is 4.48. The molecule has 0 radical (unpaired) electrons. The van der Waals surface area contributed by atoms with Gasteiger partial charge < -0.3 is 4.55 Å². The van der Waals surface area contributed by atoms with Crippen LogP contribution in [0.5, 0.6) is 0 Å². The molecule has 0 N–H and O–H groups in total. The van der Waals surface area contributed by atoms with Crippen LogP contribution in [-0.2, 0) is 15.5 Å². The third-order valence-corrected chi connectivity index (χ3v) is 2.80. The summed E-state index contributed by atoms with van der Waals surface area (Å²) in [5.41, 5.74) is -0.985. The van der Waals surface area contributed by atoms with Crippen LogP contribution in [-0.4, -0.2) is 17.6 Å². The largest absolute Gasteiger partial charge is 0.750 e. The van der Waals surface area contributed by atoms with E-state index in [0.29, 0.717) is 0 Å². The van der Waals surface area contributed by atoms with Gasteiger partial charge in [-0.05, 0) is 0 Å². The second-order valence-corrected chi connectivity index (χ2v) is 5.58. The van der Waals surface area contributed by atoms with Crippen LogP contribution in [0.2, 0.25) is 0 Å². The van der Waals surface area contributed by atoms with E-state index in [1.54, 1.807) is 0 Å². The van der Waals surface area contributed by atoms with Crippen molar-refractivity contribution in [2.75, 3.05) is 0 Å². The van der Waals surface area contributed by atoms with E-state index in [4.69, 9.17) is 0 Å². The first kappa shape index (κ1) is 11.5. The van der Waals surface area contributed by atoms with Crippen LogP contribution in [0.25, 0.3) is 0 Å². The van der Waals surface area contributed by atoms with Crippen molar-refractivity contribution in [1.82, 2.24) is 0 Å². The number of rotatable bonds is 3. The van der Waals surface area contributed by atoms with E-state index in [-0.39, 0.29) is 0 Å². The fourth-order valence-electron chi connectivity index (χ4n) is 0.139. The topological polar surface area (TPSA) is 49.4 Å². The molecule has 0 rings (SSSR count). The minimum atomic E-state index is -2.62. The highest BCUT2D eigenvalue weighted by Crippen LogP contribution is 2.32. The molecule has 0 saturated carbocycles. The minimum Gasteiger partial charge on any atom is -0.750 e. The van der Waals surface area contributed by atoms with Crippen molar-refractivity contribution in [2.24, 2.45) is 0 Å². The van der Waals surface area contributed by atoms with Crippen molar-refractivity contribution >= 4 is 61.9 Å². The lowest BCUT2D eigenvalue weighted by Crippen LogP contribution is -2.24. The summed E-state index contributed by atoms with van der Waals surface area (Å²) in [4.78, 5) is 0. The van der Waals surface area contributed by atoms with Gasteiger partial charge >= 0.3 is 0 Å². The van der Waals surface area contributed by atoms with Crippen molar-refractivity contribution in [2.45, 2.75) is 8.85 Å². The molecule has 0 aromatic carbocycles. The highest BCUT2D eigenvalue weighted by atomic mass is 32.2. The van der Waals surface area contributed by atoms with Gasteiger partial charge in [-0.2, -0.15) is 0 Å². The van der Waals surface area contributed by atoms with Crippen molar-refractivity contribution in [3.63, 3.8) is 0 Å². The van der Waals surface area contributed by atoms with Crippen LogP contribution in [0.1, 0.15) is 0 Å². The van der Waals surface area contributed by atoms with Gasteiger partial charge in [-0.25, -0.2) is 4.21 Å². The fourth-order valence-corrected chi connectivity index (χ4v) is 1.02. The molecule has 0 fully saturated rings. The van der Waals surface area contributed by atoms with Gasteiger partial charge in [-0.3, -0.25) is 4.18 Å². The minimum absolute atomic E-state index is 0.985. The van der Waals surface area contributed by atoms with Gasteiger partial charge in [0.05, 0.1) is 11.4 Å². The molecule has 0 heterocycles. The molecule has 2 atom stereocenters. The van der Waals surface area contributed by atoms with Gasteiger partial charge in [-0.1, -0.05) is 0 Å². The molecule has 0 bridgehead atoms. The first-order valence-electron chi connectivity index (χ1n) is 1.95. The predicted octanol–water partition coefficient (Wildman–Crippen LogP) is 0.496. The lowest BCUT2D eigenvalue weighted by atomic mass is 10.8. The van der Waals surface area contributed by atoms with Gasteiger partial charge in [0.2, 0.25) is 0 Å². The molecule has 0 aliphatic heterocycles. The van der Waals surface area contributed by atoms with E-state index in [2.05, 4.69) is 54.7 Å². The van der Waals surface area contributed by atoms with Crippen molar-refractivity contribution < 1.29 is 12.9 Å². The van der Waals surface area contributed by atoms with E-state index in [0.717, 1.165) is 0 Å². The molecule has 62 valence electrons. The summed E-state index contributed by atoms with van der Waals surface area (Å²) < 4.78 is 22.8. The highest BCUT2D eigenvalue weighted by molar-refractivity contribution is 8.18. The first-order valence-corrected chi connectivity index (χ1v) is 4.81. The van der Waals surface area contributed by atoms with Crippen LogP contribution >= 0.6 is 50.5 Å². The maximum Gasteiger partial charge on any atom is 0.149 e. The second-order valence-electron chi connectivity index (χ2n) is 1.34. The van der Waals surface area contributed by atoms with Crippen molar-refractivity contribution in [3.8, 4) is 0 Å². The molecule has 0 amide bonds. The number of hydrogen-bond acceptors (Lipinski definition) is 7. The molecule has 3 nitrogen and oxygen atoms in total. The van der Waals surface area contributed by atoms with E-state index in [9.17, 15) is 8.76 Å². The molecule has 2 unspecified atom stereocenters. The Kier molecular flexibility index (Phi) is 5.14. The maximum absolute atomic E-state index is 9.88. The third kappa shape index (κ3) is 5.16. The zero-order valence-corrected chi connectivity index (χ0v) is 8.89. The molecular weight excluding hydrogens is 232 g/mol. The summed E-state index contributed by atoms with van der Waals surface area (Å²) in [6.45, 7) is 0. The Bertz CT molecular complexity index is 129. The van der Waals surface area contributed by atoms with E-state index < -0.39 is 20.2 Å². The smallest absolute Gasteiger partial charge is 0.149 e. The van der Waals surface area contributed by atoms with Crippen molar-refractivity contribution in [1.29, 1.82) is 0 Å². The SMILES string of the molecule is O=S([O-])OC(S)C(S)(S)S. The Labute approximate surface area is 83.4 Å². The Morgan fingerprint density at radius 3 is 2.00 bits per heavy atom. The summed E-state index contributed by atoms with van der Waals surface area (Å²) in [5, 5.41) is 0. The molecule has 0 saturated heterocycles. The average Bonchev–Trinajstić information content (AvgIpc) is 1.60. The molecule has 0 aliphatic carbocycles. The van der Waals surface area contributed by atoms with Gasteiger partial charge in [-0.15, -0.1) is 50.5 Å². The summed E-state index contributed by atoms with van der Waals surface area (Å²) in [6.07, 6.45) is 0. The highest BCUT2D eigenvalue weighted by Gasteiger charge is 2.25. The van der Waals surface area contributed by atoms with Gasteiger partial charge in [0.25, 0.3) is 0 Å². The van der Waals surface area contributed by atoms with Crippen LogP contribution in [0.15, 0.2) is 0 Å². The summed E-state index contributed by atoms with van der Waals surface area (Å²) in [7, 11) is 0. The van der Waals surface area contributed by atoms with Crippen LogP contribution < -0.4 is 0 Å². The Balaban J connectivity index is 3.85. The normalized spacial score (nSPS) is 18.5. The molecule has 10 heavy (non-hydrogen) atoms. The van der Waals surface area contributed by atoms with Crippen LogP contribution in [0.3, 0.4) is 0 Å². The van der Waals surface area contributed by atoms with Gasteiger partial charge in [0, 0.05) is 0 Å². The molecule has 0 aromatic heterocycles. The summed E-state index contributed by atoms with van der Waals surface area (Å²) >= 11 is 12.4. The van der Waals surface area contributed by atoms with Crippen LogP contribution in [0.4, 0.5) is 0 Å². The van der Waals surface area contributed by atoms with E-state index >= 15 is 0 Å². The first-order chi connectivity index (χ1) is 4.34. The summed E-state index contributed by atoms with van der Waals surface area (Å²) in [6, 6.07) is 0. The zero-order chi connectivity index (χ0) is 8.36. The summed E-state index contributed by atoms with van der Waals surface area (Å²) in [5.74, 6) is 0. The molecule has 0 spiro atoms. The standard InChI is InChI=1S/C2H6O3S5/c3-10(4)5-1(6)2(7,8)9/h1,6-9H,(H,3,4)/p-1. The van der Waals surface area contributed by atoms with Gasteiger partial charge in [0.1, 0.15) is 8.85 Å². The zero-order valence-electron chi connectivity index (χ0n) is 4.50. The van der Waals surface area contributed by atoms with Crippen molar-refractivity contribution in [3.05, 3.63) is 0 Å². The lowest BCUT2D eigenvalue weighted by molar-refractivity contribution is 0.287. The third-order valence-electron chi connectivity index (χ3n) is 0.501. The van der Waals surface area contributed by atoms with E-state index in [1.165, 1.54) is 0 Å². The number of thiol groups is 4. The Morgan fingerprint density at radius 1 is 1.50 bits per heavy atom. The van der Waals surface area contributed by atoms with Crippen LogP contribution in [0, 0.1) is 0 Å². The Hall–Kier alpha value is 1.47. The predicted molar refractivity (Wildman–Crippen MR) is 52.5 cm³/mol. The average molecular weight is 237 g/mol. The molecule has 0 aromatic rings. The Morgan fingerprint density at radius 2 is 1.90 bits per heavy atom. The van der Waals surface area contributed by atoms with Gasteiger partial charge in [0.15, 0.2) is 0 Å². The monoisotopic (exact) mass is 237 g/mol. The fraction of sp³-hybridized carbons (Fsp3) is 1.00. The molecule has 0 aliphatic rings. The molecular formula is C2H5O3S5-. The van der Waals surface area contributed by atoms with E-state index in [1.807, 2.05) is 0 Å². The maximum atomic E-state index is 9.88.